The molecule has 0 unspecified atom stereocenters. The lowest BCUT2D eigenvalue weighted by Gasteiger charge is -2.13. The van der Waals surface area contributed by atoms with Gasteiger partial charge in [-0.15, -0.1) is 5.10 Å². The van der Waals surface area contributed by atoms with Crippen LogP contribution in [0.2, 0.25) is 0 Å². The molecular weight excluding hydrogens is 444 g/mol. The number of aryl methyl sites for hydroxylation is 1. The first-order valence-electron chi connectivity index (χ1n) is 11.5. The van der Waals surface area contributed by atoms with E-state index in [0.29, 0.717) is 23.1 Å². The van der Waals surface area contributed by atoms with Crippen LogP contribution in [0.4, 0.5) is 0 Å². The van der Waals surface area contributed by atoms with Crippen LogP contribution in [0.1, 0.15) is 41.5 Å². The van der Waals surface area contributed by atoms with Crippen molar-refractivity contribution >= 4 is 17.0 Å². The van der Waals surface area contributed by atoms with Crippen LogP contribution in [-0.2, 0) is 13.0 Å². The Kier molecular flexibility index (Phi) is 6.01. The predicted molar refractivity (Wildman–Crippen MR) is 132 cm³/mol. The Morgan fingerprint density at radius 1 is 1.06 bits per heavy atom. The molecule has 35 heavy (non-hydrogen) atoms. The number of nitrogens with one attached hydrogen (secondary N) is 1. The van der Waals surface area contributed by atoms with Gasteiger partial charge >= 0.3 is 11.7 Å². The second-order valence-electron chi connectivity index (χ2n) is 8.36. The van der Waals surface area contributed by atoms with E-state index in [1.807, 2.05) is 59.2 Å². The Morgan fingerprint density at radius 3 is 2.60 bits per heavy atom. The minimum Gasteiger partial charge on any atom is -0.478 e. The van der Waals surface area contributed by atoms with E-state index in [1.165, 1.54) is 0 Å². The number of hydrogen-bond acceptors (Lipinski definition) is 5. The zero-order valence-electron chi connectivity index (χ0n) is 19.2. The van der Waals surface area contributed by atoms with Gasteiger partial charge in [-0.1, -0.05) is 61.9 Å². The number of H-pyrrole nitrogens is 1. The summed E-state index contributed by atoms with van der Waals surface area (Å²) in [4.78, 5) is 28.4. The van der Waals surface area contributed by atoms with Gasteiger partial charge in [0.15, 0.2) is 0 Å². The molecule has 0 saturated carbocycles. The number of imidazole rings is 1. The second-order valence-corrected chi connectivity index (χ2v) is 8.36. The minimum absolute atomic E-state index is 0.198. The summed E-state index contributed by atoms with van der Waals surface area (Å²) in [6.45, 7) is 2.53. The van der Waals surface area contributed by atoms with Crippen molar-refractivity contribution in [2.75, 3.05) is 0 Å². The van der Waals surface area contributed by atoms with E-state index in [1.54, 1.807) is 12.1 Å². The van der Waals surface area contributed by atoms with E-state index in [-0.39, 0.29) is 11.5 Å². The third-order valence-corrected chi connectivity index (χ3v) is 6.01. The molecule has 2 N–H and O–H groups in total. The standard InChI is InChI=1S/C27H24N4O4/c1-2-3-12-23-28-22-11-7-10-20(26(32)33)24(22)31(23)16-17-13-14-19(18-8-5-4-6-9-18)21(15-17)25-29-30-27(34)35-25/h4-11,13-15H,2-3,12,16H2,1H3,(H,30,34)(H,32,33). The summed E-state index contributed by atoms with van der Waals surface area (Å²) in [5, 5.41) is 16.2. The molecule has 0 aliphatic rings. The summed E-state index contributed by atoms with van der Waals surface area (Å²) in [5.74, 6) is -0.575. The van der Waals surface area contributed by atoms with Gasteiger partial charge in [0.1, 0.15) is 5.82 Å². The smallest absolute Gasteiger partial charge is 0.434 e. The SMILES string of the molecule is CCCCc1nc2cccc(C(=O)O)c2n1Cc1ccc(-c2ccccc2)c(-c2n[nH]c(=O)o2)c1. The summed E-state index contributed by atoms with van der Waals surface area (Å²) in [6.07, 6.45) is 2.69. The Morgan fingerprint density at radius 2 is 1.89 bits per heavy atom. The number of rotatable bonds is 8. The van der Waals surface area contributed by atoms with E-state index < -0.39 is 11.7 Å². The zero-order chi connectivity index (χ0) is 24.4. The highest BCUT2D eigenvalue weighted by atomic mass is 16.4. The molecule has 0 saturated heterocycles. The summed E-state index contributed by atoms with van der Waals surface area (Å²) in [5.41, 5.74) is 4.90. The van der Waals surface area contributed by atoms with Crippen LogP contribution in [0.15, 0.2) is 75.9 Å². The van der Waals surface area contributed by atoms with Gasteiger partial charge in [0.05, 0.1) is 16.6 Å². The summed E-state index contributed by atoms with van der Waals surface area (Å²) >= 11 is 0. The molecule has 5 rings (SSSR count). The first-order valence-corrected chi connectivity index (χ1v) is 11.5. The third kappa shape index (κ3) is 4.38. The maximum atomic E-state index is 12.0. The van der Waals surface area contributed by atoms with Crippen LogP contribution in [-0.4, -0.2) is 30.8 Å². The zero-order valence-corrected chi connectivity index (χ0v) is 19.2. The molecule has 176 valence electrons. The summed E-state index contributed by atoms with van der Waals surface area (Å²) < 4.78 is 7.28. The molecule has 2 heterocycles. The molecule has 0 radical (unpaired) electrons. The Labute approximate surface area is 200 Å². The van der Waals surface area contributed by atoms with Gasteiger partial charge in [-0.2, -0.15) is 0 Å². The largest absolute Gasteiger partial charge is 0.478 e. The summed E-state index contributed by atoms with van der Waals surface area (Å²) in [6, 6.07) is 20.9. The first kappa shape index (κ1) is 22.3. The van der Waals surface area contributed by atoms with E-state index in [4.69, 9.17) is 9.40 Å². The predicted octanol–water partition coefficient (Wildman–Crippen LogP) is 5.14. The fourth-order valence-corrected chi connectivity index (χ4v) is 4.37. The highest BCUT2D eigenvalue weighted by Gasteiger charge is 2.19. The molecule has 2 aromatic heterocycles. The van der Waals surface area contributed by atoms with Crippen molar-refractivity contribution in [2.45, 2.75) is 32.7 Å². The second kappa shape index (κ2) is 9.42. The number of aromatic amines is 1. The lowest BCUT2D eigenvalue weighted by Crippen LogP contribution is -2.09. The maximum Gasteiger partial charge on any atom is 0.434 e. The number of benzene rings is 3. The molecule has 0 aliphatic heterocycles. The number of carboxylic acids is 1. The Balaban J connectivity index is 1.66. The first-order chi connectivity index (χ1) is 17.0. The monoisotopic (exact) mass is 468 g/mol. The normalized spacial score (nSPS) is 11.2. The van der Waals surface area contributed by atoms with Gasteiger partial charge in [0, 0.05) is 18.5 Å². The van der Waals surface area contributed by atoms with Crippen LogP contribution < -0.4 is 5.76 Å². The van der Waals surface area contributed by atoms with Crippen molar-refractivity contribution in [3.63, 3.8) is 0 Å². The average molecular weight is 469 g/mol. The molecule has 3 aromatic carbocycles. The van der Waals surface area contributed by atoms with E-state index >= 15 is 0 Å². The lowest BCUT2D eigenvalue weighted by molar-refractivity contribution is 0.0698. The summed E-state index contributed by atoms with van der Waals surface area (Å²) in [7, 11) is 0. The van der Waals surface area contributed by atoms with Gasteiger partial charge in [0.2, 0.25) is 5.89 Å². The fraction of sp³-hybridized carbons (Fsp3) is 0.185. The highest BCUT2D eigenvalue weighted by molar-refractivity contribution is 6.01. The number of unbranched alkanes of at least 4 members (excludes halogenated alkanes) is 1. The minimum atomic E-state index is -0.989. The molecule has 8 nitrogen and oxygen atoms in total. The van der Waals surface area contributed by atoms with Crippen LogP contribution in [0.25, 0.3) is 33.6 Å². The maximum absolute atomic E-state index is 12.0. The van der Waals surface area contributed by atoms with Gasteiger partial charge < -0.3 is 14.1 Å². The number of carbonyl (C=O) groups is 1. The van der Waals surface area contributed by atoms with Crippen molar-refractivity contribution in [3.8, 4) is 22.6 Å². The fourth-order valence-electron chi connectivity index (χ4n) is 4.37. The van der Waals surface area contributed by atoms with Crippen LogP contribution in [0.3, 0.4) is 0 Å². The van der Waals surface area contributed by atoms with Crippen LogP contribution in [0.5, 0.6) is 0 Å². The van der Waals surface area contributed by atoms with Crippen LogP contribution in [0, 0.1) is 0 Å². The Hall–Kier alpha value is -4.46. The molecule has 5 aromatic rings. The lowest BCUT2D eigenvalue weighted by atomic mass is 9.97. The molecule has 0 atom stereocenters. The number of carboxylic acid groups (broad SMARTS) is 1. The third-order valence-electron chi connectivity index (χ3n) is 6.01. The topological polar surface area (TPSA) is 114 Å². The van der Waals surface area contributed by atoms with Gasteiger partial charge in [-0.05, 0) is 41.3 Å². The number of nitrogens with zero attached hydrogens (tertiary/aromatic N) is 3. The van der Waals surface area contributed by atoms with E-state index in [2.05, 4.69) is 17.1 Å². The van der Waals surface area contributed by atoms with E-state index in [9.17, 15) is 14.7 Å². The van der Waals surface area contributed by atoms with Crippen molar-refractivity contribution in [1.29, 1.82) is 0 Å². The number of fused-ring (bicyclic) bond motifs is 1. The average Bonchev–Trinajstić information content (AvgIpc) is 3.46. The van der Waals surface area contributed by atoms with Crippen molar-refractivity contribution < 1.29 is 14.3 Å². The molecule has 0 spiro atoms. The van der Waals surface area contributed by atoms with Crippen LogP contribution >= 0.6 is 0 Å². The molecule has 0 amide bonds. The number of aromatic nitrogens is 4. The molecular formula is C27H24N4O4. The van der Waals surface area contributed by atoms with Gasteiger partial charge in [0.25, 0.3) is 0 Å². The van der Waals surface area contributed by atoms with Crippen molar-refractivity contribution in [2.24, 2.45) is 0 Å². The molecule has 8 heteroatoms. The quantitative estimate of drug-likeness (QED) is 0.326. The number of hydrogen-bond donors (Lipinski definition) is 2. The molecule has 0 bridgehead atoms. The van der Waals surface area contributed by atoms with Gasteiger partial charge in [-0.3, -0.25) is 0 Å². The molecule has 0 fully saturated rings. The number of aromatic carboxylic acids is 1. The van der Waals surface area contributed by atoms with Crippen molar-refractivity contribution in [3.05, 3.63) is 94.2 Å². The highest BCUT2D eigenvalue weighted by Crippen LogP contribution is 2.32. The Bertz CT molecular complexity index is 1560. The van der Waals surface area contributed by atoms with Gasteiger partial charge in [-0.25, -0.2) is 19.7 Å². The number of para-hydroxylation sites is 1. The van der Waals surface area contributed by atoms with E-state index in [0.717, 1.165) is 41.8 Å². The molecule has 0 aliphatic carbocycles. The van der Waals surface area contributed by atoms with Crippen molar-refractivity contribution in [1.82, 2.24) is 19.7 Å².